The number of aliphatic imine (C=N–C) groups is 1. The predicted octanol–water partition coefficient (Wildman–Crippen LogP) is 2.59. The second kappa shape index (κ2) is 10.1. The number of benzene rings is 1. The summed E-state index contributed by atoms with van der Waals surface area (Å²) in [4.78, 5) is 6.65. The second-order valence-corrected chi connectivity index (χ2v) is 6.68. The van der Waals surface area contributed by atoms with Crippen LogP contribution in [0.5, 0.6) is 0 Å². The minimum absolute atomic E-state index is 0.184. The summed E-state index contributed by atoms with van der Waals surface area (Å²) >= 11 is 12.5. The fourth-order valence-corrected chi connectivity index (χ4v) is 3.48. The standard InChI is InChI=1S/C17H26Cl2N4O/c1-13(16-14(18)4-3-5-15(16)19)12-22-17(20-2)21-6-7-23-8-10-24-11-9-23/h3-5,13H,6-12H2,1-2H3,(H2,20,21,22). The monoisotopic (exact) mass is 372 g/mol. The van der Waals surface area contributed by atoms with Crippen molar-refractivity contribution >= 4 is 29.2 Å². The number of guanidine groups is 1. The van der Waals surface area contributed by atoms with Gasteiger partial charge in [0.25, 0.3) is 0 Å². The number of nitrogens with zero attached hydrogens (tertiary/aromatic N) is 2. The Labute approximate surface area is 154 Å². The number of morpholine rings is 1. The number of hydrogen-bond donors (Lipinski definition) is 2. The van der Waals surface area contributed by atoms with E-state index in [-0.39, 0.29) is 5.92 Å². The molecule has 1 fully saturated rings. The molecular weight excluding hydrogens is 347 g/mol. The lowest BCUT2D eigenvalue weighted by Gasteiger charge is -2.27. The summed E-state index contributed by atoms with van der Waals surface area (Å²) < 4.78 is 5.35. The predicted molar refractivity (Wildman–Crippen MR) is 102 cm³/mol. The van der Waals surface area contributed by atoms with E-state index in [9.17, 15) is 0 Å². The molecule has 0 aromatic heterocycles. The summed E-state index contributed by atoms with van der Waals surface area (Å²) in [5.41, 5.74) is 0.970. The fraction of sp³-hybridized carbons (Fsp3) is 0.588. The number of rotatable bonds is 6. The first-order chi connectivity index (χ1) is 11.6. The molecule has 1 aliphatic heterocycles. The van der Waals surface area contributed by atoms with Crippen LogP contribution in [0.2, 0.25) is 10.0 Å². The van der Waals surface area contributed by atoms with E-state index in [1.165, 1.54) is 0 Å². The highest BCUT2D eigenvalue weighted by molar-refractivity contribution is 6.36. The highest BCUT2D eigenvalue weighted by Crippen LogP contribution is 2.30. The average Bonchev–Trinajstić information content (AvgIpc) is 2.58. The maximum absolute atomic E-state index is 6.27. The van der Waals surface area contributed by atoms with Crippen molar-refractivity contribution in [2.45, 2.75) is 12.8 Å². The molecule has 0 bridgehead atoms. The van der Waals surface area contributed by atoms with E-state index >= 15 is 0 Å². The number of halogens is 2. The Hall–Kier alpha value is -1.01. The molecule has 1 saturated heterocycles. The Morgan fingerprint density at radius 3 is 2.54 bits per heavy atom. The fourth-order valence-electron chi connectivity index (χ4n) is 2.71. The molecule has 1 aliphatic rings. The van der Waals surface area contributed by atoms with Crippen LogP contribution in [0.25, 0.3) is 0 Å². The van der Waals surface area contributed by atoms with Gasteiger partial charge in [-0.2, -0.15) is 0 Å². The van der Waals surface area contributed by atoms with Crippen molar-refractivity contribution in [1.82, 2.24) is 15.5 Å². The van der Waals surface area contributed by atoms with Gasteiger partial charge in [-0.05, 0) is 17.7 Å². The zero-order valence-corrected chi connectivity index (χ0v) is 15.8. The zero-order chi connectivity index (χ0) is 17.4. The molecule has 0 saturated carbocycles. The lowest BCUT2D eigenvalue weighted by molar-refractivity contribution is 0.0389. The lowest BCUT2D eigenvalue weighted by atomic mass is 10.0. The van der Waals surface area contributed by atoms with Gasteiger partial charge in [-0.1, -0.05) is 36.2 Å². The van der Waals surface area contributed by atoms with Crippen LogP contribution in [0.1, 0.15) is 18.4 Å². The first kappa shape index (κ1) is 19.3. The molecule has 1 heterocycles. The maximum Gasteiger partial charge on any atom is 0.191 e. The molecule has 1 aromatic rings. The van der Waals surface area contributed by atoms with E-state index in [2.05, 4.69) is 27.4 Å². The van der Waals surface area contributed by atoms with E-state index in [1.54, 1.807) is 7.05 Å². The Kier molecular flexibility index (Phi) is 8.12. The number of ether oxygens (including phenoxy) is 1. The molecule has 7 heteroatoms. The summed E-state index contributed by atoms with van der Waals surface area (Å²) in [7, 11) is 1.78. The van der Waals surface area contributed by atoms with Crippen molar-refractivity contribution in [2.75, 3.05) is 53.0 Å². The minimum atomic E-state index is 0.184. The molecule has 1 aromatic carbocycles. The van der Waals surface area contributed by atoms with Crippen LogP contribution in [0.15, 0.2) is 23.2 Å². The largest absolute Gasteiger partial charge is 0.379 e. The summed E-state index contributed by atoms with van der Waals surface area (Å²) in [6.45, 7) is 8.27. The maximum atomic E-state index is 6.27. The van der Waals surface area contributed by atoms with Crippen LogP contribution in [0.4, 0.5) is 0 Å². The minimum Gasteiger partial charge on any atom is -0.379 e. The number of hydrogen-bond acceptors (Lipinski definition) is 3. The molecule has 5 nitrogen and oxygen atoms in total. The van der Waals surface area contributed by atoms with Crippen molar-refractivity contribution in [1.29, 1.82) is 0 Å². The van der Waals surface area contributed by atoms with Gasteiger partial charge in [-0.25, -0.2) is 0 Å². The van der Waals surface area contributed by atoms with Crippen molar-refractivity contribution in [2.24, 2.45) is 4.99 Å². The van der Waals surface area contributed by atoms with Gasteiger partial charge in [0, 0.05) is 55.7 Å². The van der Waals surface area contributed by atoms with E-state index in [4.69, 9.17) is 27.9 Å². The first-order valence-corrected chi connectivity index (χ1v) is 9.06. The molecule has 1 atom stereocenters. The van der Waals surface area contributed by atoms with Crippen LogP contribution >= 0.6 is 23.2 Å². The quantitative estimate of drug-likeness (QED) is 0.595. The molecular formula is C17H26Cl2N4O. The Morgan fingerprint density at radius 2 is 1.92 bits per heavy atom. The van der Waals surface area contributed by atoms with Crippen molar-refractivity contribution in [3.63, 3.8) is 0 Å². The summed E-state index contributed by atoms with van der Waals surface area (Å²) in [5, 5.41) is 8.08. The summed E-state index contributed by atoms with van der Waals surface area (Å²) in [6.07, 6.45) is 0. The SMILES string of the molecule is CN=C(NCCN1CCOCC1)NCC(C)c1c(Cl)cccc1Cl. The third kappa shape index (κ3) is 5.81. The van der Waals surface area contributed by atoms with E-state index in [1.807, 2.05) is 18.2 Å². The van der Waals surface area contributed by atoms with Gasteiger partial charge in [0.2, 0.25) is 0 Å². The van der Waals surface area contributed by atoms with E-state index < -0.39 is 0 Å². The lowest BCUT2D eigenvalue weighted by Crippen LogP contribution is -2.45. The molecule has 2 N–H and O–H groups in total. The second-order valence-electron chi connectivity index (χ2n) is 5.87. The van der Waals surface area contributed by atoms with Crippen molar-refractivity contribution in [3.8, 4) is 0 Å². The van der Waals surface area contributed by atoms with Crippen LogP contribution in [-0.2, 0) is 4.74 Å². The molecule has 2 rings (SSSR count). The van der Waals surface area contributed by atoms with Gasteiger partial charge in [-0.3, -0.25) is 9.89 Å². The molecule has 0 radical (unpaired) electrons. The Bertz CT molecular complexity index is 527. The topological polar surface area (TPSA) is 48.9 Å². The van der Waals surface area contributed by atoms with Crippen LogP contribution in [0.3, 0.4) is 0 Å². The highest BCUT2D eigenvalue weighted by atomic mass is 35.5. The highest BCUT2D eigenvalue weighted by Gasteiger charge is 2.14. The average molecular weight is 373 g/mol. The molecule has 134 valence electrons. The smallest absolute Gasteiger partial charge is 0.191 e. The first-order valence-electron chi connectivity index (χ1n) is 8.30. The summed E-state index contributed by atoms with van der Waals surface area (Å²) in [5.74, 6) is 0.974. The van der Waals surface area contributed by atoms with Gasteiger partial charge in [0.15, 0.2) is 5.96 Å². The molecule has 24 heavy (non-hydrogen) atoms. The van der Waals surface area contributed by atoms with Crippen molar-refractivity contribution < 1.29 is 4.74 Å². The van der Waals surface area contributed by atoms with Gasteiger partial charge < -0.3 is 15.4 Å². The Morgan fingerprint density at radius 1 is 1.25 bits per heavy atom. The molecule has 0 spiro atoms. The zero-order valence-electron chi connectivity index (χ0n) is 14.3. The van der Waals surface area contributed by atoms with Crippen LogP contribution in [0, 0.1) is 0 Å². The molecule has 0 amide bonds. The van der Waals surface area contributed by atoms with E-state index in [0.29, 0.717) is 16.6 Å². The molecule has 0 aliphatic carbocycles. The van der Waals surface area contributed by atoms with Crippen molar-refractivity contribution in [3.05, 3.63) is 33.8 Å². The van der Waals surface area contributed by atoms with Gasteiger partial charge in [0.05, 0.1) is 13.2 Å². The normalized spacial score (nSPS) is 17.6. The van der Waals surface area contributed by atoms with Gasteiger partial charge >= 0.3 is 0 Å². The Balaban J connectivity index is 1.76. The molecule has 1 unspecified atom stereocenters. The van der Waals surface area contributed by atoms with E-state index in [0.717, 1.165) is 50.9 Å². The third-order valence-corrected chi connectivity index (χ3v) is 4.78. The van der Waals surface area contributed by atoms with Gasteiger partial charge in [-0.15, -0.1) is 0 Å². The van der Waals surface area contributed by atoms with Crippen LogP contribution < -0.4 is 10.6 Å². The number of nitrogens with one attached hydrogen (secondary N) is 2. The van der Waals surface area contributed by atoms with Crippen LogP contribution in [-0.4, -0.2) is 63.8 Å². The van der Waals surface area contributed by atoms with Gasteiger partial charge in [0.1, 0.15) is 0 Å². The third-order valence-electron chi connectivity index (χ3n) is 4.12. The summed E-state index contributed by atoms with van der Waals surface area (Å²) in [6, 6.07) is 5.60.